The highest BCUT2D eigenvalue weighted by molar-refractivity contribution is 9.10. The van der Waals surface area contributed by atoms with Crippen LogP contribution in [-0.2, 0) is 4.74 Å². The molecule has 0 saturated carbocycles. The average Bonchev–Trinajstić information content (AvgIpc) is 2.68. The van der Waals surface area contributed by atoms with Gasteiger partial charge in [0.15, 0.2) is 0 Å². The van der Waals surface area contributed by atoms with E-state index < -0.39 is 0 Å². The van der Waals surface area contributed by atoms with Crippen LogP contribution >= 0.6 is 38.9 Å². The monoisotopic (exact) mass is 338 g/mol. The Kier molecular flexibility index (Phi) is 4.86. The number of rotatable bonds is 3. The second kappa shape index (κ2) is 5.99. The molecule has 2 atom stereocenters. The molecule has 2 rings (SSSR count). The standard InChI is InChI=1S/C11H16BrClN2OS/c1-2-15-3-4-16-8(6-14)10(15)9-5-7(12)11(13)17-9/h5,8,10H,2-4,6,14H2,1H3. The molecule has 17 heavy (non-hydrogen) atoms. The molecule has 0 aromatic carbocycles. The van der Waals surface area contributed by atoms with E-state index in [0.717, 1.165) is 28.5 Å². The van der Waals surface area contributed by atoms with Crippen molar-refractivity contribution in [3.63, 3.8) is 0 Å². The van der Waals surface area contributed by atoms with Crippen molar-refractivity contribution in [3.8, 4) is 0 Å². The molecule has 0 spiro atoms. The van der Waals surface area contributed by atoms with Crippen molar-refractivity contribution in [1.29, 1.82) is 0 Å². The fraction of sp³-hybridized carbons (Fsp3) is 0.636. The first kappa shape index (κ1) is 13.8. The van der Waals surface area contributed by atoms with E-state index in [4.69, 9.17) is 22.1 Å². The summed E-state index contributed by atoms with van der Waals surface area (Å²) in [5.41, 5.74) is 5.80. The molecule has 3 nitrogen and oxygen atoms in total. The van der Waals surface area contributed by atoms with Gasteiger partial charge in [-0.15, -0.1) is 11.3 Å². The molecule has 2 N–H and O–H groups in total. The molecule has 1 fully saturated rings. The third-order valence-electron chi connectivity index (χ3n) is 3.05. The smallest absolute Gasteiger partial charge is 0.107 e. The number of thiophene rings is 1. The molecule has 2 heterocycles. The SMILES string of the molecule is CCN1CCOC(CN)C1c1cc(Br)c(Cl)s1. The van der Waals surface area contributed by atoms with Crippen molar-refractivity contribution in [3.05, 3.63) is 19.8 Å². The van der Waals surface area contributed by atoms with E-state index in [1.165, 1.54) is 4.88 Å². The first-order chi connectivity index (χ1) is 8.17. The largest absolute Gasteiger partial charge is 0.374 e. The van der Waals surface area contributed by atoms with Crippen molar-refractivity contribution in [2.24, 2.45) is 5.73 Å². The van der Waals surface area contributed by atoms with E-state index in [2.05, 4.69) is 33.8 Å². The van der Waals surface area contributed by atoms with Crippen LogP contribution in [0.15, 0.2) is 10.5 Å². The van der Waals surface area contributed by atoms with Crippen molar-refractivity contribution < 1.29 is 4.74 Å². The van der Waals surface area contributed by atoms with Gasteiger partial charge in [0, 0.05) is 22.4 Å². The average molecular weight is 340 g/mol. The molecule has 1 saturated heterocycles. The van der Waals surface area contributed by atoms with E-state index in [-0.39, 0.29) is 12.1 Å². The van der Waals surface area contributed by atoms with Crippen molar-refractivity contribution in [2.45, 2.75) is 19.1 Å². The molecule has 0 radical (unpaired) electrons. The normalized spacial score (nSPS) is 26.4. The van der Waals surface area contributed by atoms with Crippen LogP contribution in [0.25, 0.3) is 0 Å². The summed E-state index contributed by atoms with van der Waals surface area (Å²) in [4.78, 5) is 3.62. The maximum atomic E-state index is 6.11. The number of hydrogen-bond donors (Lipinski definition) is 1. The summed E-state index contributed by atoms with van der Waals surface area (Å²) < 4.78 is 7.50. The first-order valence-electron chi connectivity index (χ1n) is 5.67. The predicted molar refractivity (Wildman–Crippen MR) is 75.8 cm³/mol. The van der Waals surface area contributed by atoms with E-state index >= 15 is 0 Å². The molecule has 96 valence electrons. The van der Waals surface area contributed by atoms with E-state index in [9.17, 15) is 0 Å². The molecular formula is C11H16BrClN2OS. The predicted octanol–water partition coefficient (Wildman–Crippen LogP) is 2.88. The van der Waals surface area contributed by atoms with Gasteiger partial charge in [-0.3, -0.25) is 4.90 Å². The van der Waals surface area contributed by atoms with Crippen LogP contribution in [0.4, 0.5) is 0 Å². The van der Waals surface area contributed by atoms with Gasteiger partial charge < -0.3 is 10.5 Å². The van der Waals surface area contributed by atoms with E-state index in [1.54, 1.807) is 11.3 Å². The second-order valence-corrected chi connectivity index (χ2v) is 6.53. The van der Waals surface area contributed by atoms with Crippen molar-refractivity contribution in [1.82, 2.24) is 4.90 Å². The minimum Gasteiger partial charge on any atom is -0.374 e. The number of hydrogen-bond acceptors (Lipinski definition) is 4. The maximum Gasteiger partial charge on any atom is 0.107 e. The Morgan fingerprint density at radius 2 is 2.47 bits per heavy atom. The Bertz CT molecular complexity index is 356. The maximum absolute atomic E-state index is 6.11. The van der Waals surface area contributed by atoms with Crippen LogP contribution in [0.2, 0.25) is 4.34 Å². The van der Waals surface area contributed by atoms with Crippen LogP contribution in [0.3, 0.4) is 0 Å². The topological polar surface area (TPSA) is 38.5 Å². The lowest BCUT2D eigenvalue weighted by molar-refractivity contribution is -0.0646. The molecule has 1 aromatic heterocycles. The van der Waals surface area contributed by atoms with Crippen LogP contribution in [0.1, 0.15) is 17.8 Å². The third-order valence-corrected chi connectivity index (χ3v) is 5.60. The van der Waals surface area contributed by atoms with Gasteiger partial charge in [-0.25, -0.2) is 0 Å². The molecule has 2 unspecified atom stereocenters. The number of nitrogens with zero attached hydrogens (tertiary/aromatic N) is 1. The number of morpholine rings is 1. The summed E-state index contributed by atoms with van der Waals surface area (Å²) in [6, 6.07) is 2.31. The van der Waals surface area contributed by atoms with Gasteiger partial charge in [-0.1, -0.05) is 18.5 Å². The Labute approximate surface area is 119 Å². The molecule has 0 amide bonds. The fourth-order valence-electron chi connectivity index (χ4n) is 2.21. The number of nitrogens with two attached hydrogens (primary N) is 1. The zero-order chi connectivity index (χ0) is 12.4. The van der Waals surface area contributed by atoms with Gasteiger partial charge in [-0.2, -0.15) is 0 Å². The zero-order valence-electron chi connectivity index (χ0n) is 9.66. The Morgan fingerprint density at radius 3 is 3.00 bits per heavy atom. The van der Waals surface area contributed by atoms with Crippen LogP contribution in [0, 0.1) is 0 Å². The molecule has 1 aromatic rings. The summed E-state index contributed by atoms with van der Waals surface area (Å²) in [7, 11) is 0. The van der Waals surface area contributed by atoms with Crippen LogP contribution in [-0.4, -0.2) is 37.2 Å². The summed E-state index contributed by atoms with van der Waals surface area (Å²) in [6.07, 6.45) is 0.0605. The van der Waals surface area contributed by atoms with Crippen molar-refractivity contribution in [2.75, 3.05) is 26.2 Å². The van der Waals surface area contributed by atoms with E-state index in [0.29, 0.717) is 6.54 Å². The summed E-state index contributed by atoms with van der Waals surface area (Å²) in [5.74, 6) is 0. The van der Waals surface area contributed by atoms with Crippen LogP contribution < -0.4 is 5.73 Å². The Balaban J connectivity index is 2.29. The molecule has 6 heteroatoms. The number of ether oxygens (including phenoxy) is 1. The Hall–Kier alpha value is 0.350. The second-order valence-electron chi connectivity index (χ2n) is 3.99. The van der Waals surface area contributed by atoms with Gasteiger partial charge >= 0.3 is 0 Å². The van der Waals surface area contributed by atoms with Gasteiger partial charge in [0.25, 0.3) is 0 Å². The van der Waals surface area contributed by atoms with Gasteiger partial charge in [-0.05, 0) is 28.5 Å². The molecule has 1 aliphatic heterocycles. The lowest BCUT2D eigenvalue weighted by Crippen LogP contribution is -2.47. The summed E-state index contributed by atoms with van der Waals surface area (Å²) >= 11 is 11.2. The number of likely N-dealkylation sites (N-methyl/N-ethyl adjacent to an activating group) is 1. The quantitative estimate of drug-likeness (QED) is 0.920. The number of halogens is 2. The molecule has 0 bridgehead atoms. The Morgan fingerprint density at radius 1 is 1.71 bits per heavy atom. The molecular weight excluding hydrogens is 324 g/mol. The molecule has 0 aliphatic carbocycles. The summed E-state index contributed by atoms with van der Waals surface area (Å²) in [6.45, 7) is 5.40. The fourth-order valence-corrected chi connectivity index (χ4v) is 4.14. The molecule has 1 aliphatic rings. The summed E-state index contributed by atoms with van der Waals surface area (Å²) in [5, 5.41) is 0. The van der Waals surface area contributed by atoms with Gasteiger partial charge in [0.1, 0.15) is 4.34 Å². The minimum absolute atomic E-state index is 0.0605. The van der Waals surface area contributed by atoms with Gasteiger partial charge in [0.05, 0.1) is 18.8 Å². The zero-order valence-corrected chi connectivity index (χ0v) is 12.8. The van der Waals surface area contributed by atoms with Crippen LogP contribution in [0.5, 0.6) is 0 Å². The third kappa shape index (κ3) is 2.85. The van der Waals surface area contributed by atoms with Gasteiger partial charge in [0.2, 0.25) is 0 Å². The highest BCUT2D eigenvalue weighted by atomic mass is 79.9. The van der Waals surface area contributed by atoms with E-state index in [1.807, 2.05) is 0 Å². The minimum atomic E-state index is 0.0605. The first-order valence-corrected chi connectivity index (χ1v) is 7.66. The highest BCUT2D eigenvalue weighted by Crippen LogP contribution is 2.39. The lowest BCUT2D eigenvalue weighted by Gasteiger charge is -2.39. The highest BCUT2D eigenvalue weighted by Gasteiger charge is 2.33. The van der Waals surface area contributed by atoms with Crippen molar-refractivity contribution >= 4 is 38.9 Å². The lowest BCUT2D eigenvalue weighted by atomic mass is 10.1.